The van der Waals surface area contributed by atoms with Gasteiger partial charge in [0, 0.05) is 5.69 Å². The van der Waals surface area contributed by atoms with E-state index in [2.05, 4.69) is 11.4 Å². The first kappa shape index (κ1) is 17.5. The zero-order valence-electron chi connectivity index (χ0n) is 14.4. The summed E-state index contributed by atoms with van der Waals surface area (Å²) in [5.74, 6) is -0.432. The molecule has 0 saturated carbocycles. The van der Waals surface area contributed by atoms with Gasteiger partial charge in [0.15, 0.2) is 0 Å². The lowest BCUT2D eigenvalue weighted by Gasteiger charge is -2.19. The largest absolute Gasteiger partial charge is 0.497 e. The summed E-state index contributed by atoms with van der Waals surface area (Å²) in [5, 5.41) is 11.8. The number of rotatable bonds is 4. The van der Waals surface area contributed by atoms with Crippen LogP contribution in [-0.4, -0.2) is 23.1 Å². The van der Waals surface area contributed by atoms with Crippen molar-refractivity contribution >= 4 is 5.91 Å². The van der Waals surface area contributed by atoms with Crippen molar-refractivity contribution in [3.05, 3.63) is 75.9 Å². The predicted octanol–water partition coefficient (Wildman–Crippen LogP) is 2.44. The Balaban J connectivity index is 1.87. The van der Waals surface area contributed by atoms with E-state index < -0.39 is 11.5 Å². The zero-order chi connectivity index (χ0) is 18.5. The standard InChI is InChI=1S/C20H19N3O3/c1-14-8-9-18(19(24)22-13-17-7-2-3-10-26-17)20(25)23(14)16-6-4-5-15(11-16)12-21/h3-6,8-11,17H,2,7,13H2,1H3,(H,22,24). The quantitative estimate of drug-likeness (QED) is 0.919. The summed E-state index contributed by atoms with van der Waals surface area (Å²) >= 11 is 0. The van der Waals surface area contributed by atoms with Crippen molar-refractivity contribution in [1.82, 2.24) is 9.88 Å². The second kappa shape index (κ2) is 7.70. The van der Waals surface area contributed by atoms with Crippen LogP contribution in [0, 0.1) is 18.3 Å². The minimum atomic E-state index is -0.432. The van der Waals surface area contributed by atoms with Gasteiger partial charge in [0.1, 0.15) is 11.7 Å². The third kappa shape index (κ3) is 3.67. The molecule has 1 N–H and O–H groups in total. The Kier molecular flexibility index (Phi) is 5.18. The highest BCUT2D eigenvalue weighted by Gasteiger charge is 2.17. The molecule has 1 aliphatic rings. The van der Waals surface area contributed by atoms with Gasteiger partial charge in [-0.05, 0) is 56.2 Å². The number of allylic oxidation sites excluding steroid dienone is 1. The summed E-state index contributed by atoms with van der Waals surface area (Å²) in [4.78, 5) is 25.3. The molecule has 1 atom stereocenters. The number of aryl methyl sites for hydroxylation is 1. The van der Waals surface area contributed by atoms with Gasteiger partial charge in [-0.1, -0.05) is 6.07 Å². The molecule has 0 radical (unpaired) electrons. The third-order valence-electron chi connectivity index (χ3n) is 4.27. The van der Waals surface area contributed by atoms with Crippen molar-refractivity contribution in [2.75, 3.05) is 6.54 Å². The fourth-order valence-corrected chi connectivity index (χ4v) is 2.88. The van der Waals surface area contributed by atoms with Crippen molar-refractivity contribution in [2.24, 2.45) is 0 Å². The molecule has 0 fully saturated rings. The highest BCUT2D eigenvalue weighted by Crippen LogP contribution is 2.12. The number of amides is 1. The number of nitriles is 1. The van der Waals surface area contributed by atoms with Crippen molar-refractivity contribution < 1.29 is 9.53 Å². The number of hydrogen-bond acceptors (Lipinski definition) is 4. The number of hydrogen-bond donors (Lipinski definition) is 1. The number of nitrogens with zero attached hydrogens (tertiary/aromatic N) is 2. The smallest absolute Gasteiger partial charge is 0.268 e. The molecule has 3 rings (SSSR count). The molecule has 1 unspecified atom stereocenters. The van der Waals surface area contributed by atoms with Gasteiger partial charge in [-0.15, -0.1) is 0 Å². The molecule has 0 aliphatic carbocycles. The van der Waals surface area contributed by atoms with Crippen LogP contribution >= 0.6 is 0 Å². The average molecular weight is 349 g/mol. The maximum Gasteiger partial charge on any atom is 0.268 e. The Morgan fingerprint density at radius 2 is 2.23 bits per heavy atom. The van der Waals surface area contributed by atoms with Gasteiger partial charge in [0.05, 0.1) is 30.1 Å². The van der Waals surface area contributed by atoms with Crippen LogP contribution in [0.2, 0.25) is 0 Å². The molecule has 26 heavy (non-hydrogen) atoms. The molecule has 1 aromatic heterocycles. The molecule has 0 bridgehead atoms. The second-order valence-corrected chi connectivity index (χ2v) is 6.11. The first-order valence-electron chi connectivity index (χ1n) is 8.42. The SMILES string of the molecule is Cc1ccc(C(=O)NCC2CCC=CO2)c(=O)n1-c1cccc(C#N)c1. The maximum absolute atomic E-state index is 12.9. The van der Waals surface area contributed by atoms with E-state index in [-0.39, 0.29) is 11.7 Å². The first-order valence-corrected chi connectivity index (χ1v) is 8.42. The minimum absolute atomic E-state index is 0.0595. The summed E-state index contributed by atoms with van der Waals surface area (Å²) in [7, 11) is 0. The molecular formula is C20H19N3O3. The fourth-order valence-electron chi connectivity index (χ4n) is 2.88. The summed E-state index contributed by atoms with van der Waals surface area (Å²) in [6, 6.07) is 12.0. The Bertz CT molecular complexity index is 954. The van der Waals surface area contributed by atoms with Crippen LogP contribution in [0.3, 0.4) is 0 Å². The van der Waals surface area contributed by atoms with E-state index in [4.69, 9.17) is 10.00 Å². The van der Waals surface area contributed by atoms with Gasteiger partial charge in [-0.3, -0.25) is 14.2 Å². The third-order valence-corrected chi connectivity index (χ3v) is 4.27. The van der Waals surface area contributed by atoms with E-state index in [1.54, 1.807) is 43.5 Å². The summed E-state index contributed by atoms with van der Waals surface area (Å²) in [6.07, 6.45) is 5.24. The minimum Gasteiger partial charge on any atom is -0.497 e. The predicted molar refractivity (Wildman–Crippen MR) is 97.1 cm³/mol. The van der Waals surface area contributed by atoms with Gasteiger partial charge in [0.25, 0.3) is 11.5 Å². The van der Waals surface area contributed by atoms with E-state index in [1.807, 2.05) is 6.08 Å². The van der Waals surface area contributed by atoms with Crippen molar-refractivity contribution in [1.29, 1.82) is 5.26 Å². The van der Waals surface area contributed by atoms with Crippen molar-refractivity contribution in [2.45, 2.75) is 25.9 Å². The molecule has 0 saturated heterocycles. The van der Waals surface area contributed by atoms with Crippen LogP contribution in [0.1, 0.15) is 34.5 Å². The topological polar surface area (TPSA) is 84.1 Å². The van der Waals surface area contributed by atoms with E-state index in [9.17, 15) is 9.59 Å². The number of aromatic nitrogens is 1. The fraction of sp³-hybridized carbons (Fsp3) is 0.250. The number of pyridine rings is 1. The molecule has 6 heteroatoms. The average Bonchev–Trinajstić information content (AvgIpc) is 2.67. The number of ether oxygens (including phenoxy) is 1. The zero-order valence-corrected chi connectivity index (χ0v) is 14.4. The molecule has 0 spiro atoms. The molecule has 6 nitrogen and oxygen atoms in total. The van der Waals surface area contributed by atoms with Gasteiger partial charge in [0.2, 0.25) is 0 Å². The summed E-state index contributed by atoms with van der Waals surface area (Å²) in [5.41, 5.74) is 1.34. The molecular weight excluding hydrogens is 330 g/mol. The normalized spacial score (nSPS) is 15.8. The second-order valence-electron chi connectivity index (χ2n) is 6.11. The van der Waals surface area contributed by atoms with Crippen LogP contribution < -0.4 is 10.9 Å². The molecule has 132 valence electrons. The van der Waals surface area contributed by atoms with E-state index >= 15 is 0 Å². The lowest BCUT2D eigenvalue weighted by Crippen LogP contribution is -2.37. The summed E-state index contributed by atoms with van der Waals surface area (Å²) in [6.45, 7) is 2.13. The molecule has 1 amide bonds. The van der Waals surface area contributed by atoms with Crippen LogP contribution in [0.5, 0.6) is 0 Å². The maximum atomic E-state index is 12.9. The van der Waals surface area contributed by atoms with E-state index in [0.29, 0.717) is 23.5 Å². The lowest BCUT2D eigenvalue weighted by molar-refractivity contribution is 0.0874. The van der Waals surface area contributed by atoms with Crippen molar-refractivity contribution in [3.8, 4) is 11.8 Å². The first-order chi connectivity index (χ1) is 12.6. The molecule has 1 aliphatic heterocycles. The number of nitrogens with one attached hydrogen (secondary N) is 1. The summed E-state index contributed by atoms with van der Waals surface area (Å²) < 4.78 is 6.86. The lowest BCUT2D eigenvalue weighted by atomic mass is 10.1. The Labute approximate surface area is 151 Å². The highest BCUT2D eigenvalue weighted by atomic mass is 16.5. The van der Waals surface area contributed by atoms with Crippen LogP contribution in [-0.2, 0) is 4.74 Å². The number of carbonyl (C=O) groups is 1. The molecule has 2 aromatic rings. The van der Waals surface area contributed by atoms with Gasteiger partial charge in [-0.25, -0.2) is 0 Å². The Hall–Kier alpha value is -3.33. The van der Waals surface area contributed by atoms with E-state index in [1.165, 1.54) is 10.6 Å². The molecule has 1 aromatic carbocycles. The van der Waals surface area contributed by atoms with Crippen LogP contribution in [0.4, 0.5) is 0 Å². The molecule has 2 heterocycles. The van der Waals surface area contributed by atoms with Crippen LogP contribution in [0.25, 0.3) is 5.69 Å². The van der Waals surface area contributed by atoms with Gasteiger partial charge in [-0.2, -0.15) is 5.26 Å². The number of benzene rings is 1. The van der Waals surface area contributed by atoms with E-state index in [0.717, 1.165) is 12.8 Å². The monoisotopic (exact) mass is 349 g/mol. The van der Waals surface area contributed by atoms with Crippen molar-refractivity contribution in [3.63, 3.8) is 0 Å². The van der Waals surface area contributed by atoms with Gasteiger partial charge < -0.3 is 10.1 Å². The van der Waals surface area contributed by atoms with Gasteiger partial charge >= 0.3 is 0 Å². The number of carbonyl (C=O) groups excluding carboxylic acids is 1. The van der Waals surface area contributed by atoms with Crippen LogP contribution in [0.15, 0.2) is 53.5 Å². The Morgan fingerprint density at radius 1 is 1.38 bits per heavy atom. The highest BCUT2D eigenvalue weighted by molar-refractivity contribution is 5.93. The Morgan fingerprint density at radius 3 is 2.96 bits per heavy atom.